The molecule has 5 aliphatic rings. The number of halogens is 4. The molecule has 18 rings (SSSR count). The van der Waals surface area contributed by atoms with Crippen LogP contribution in [0.25, 0.3) is 87.2 Å². The Hall–Kier alpha value is -10.2. The van der Waals surface area contributed by atoms with Crippen molar-refractivity contribution in [2.45, 2.75) is 81.0 Å². The average Bonchev–Trinajstić information content (AvgIpc) is 1.50. The van der Waals surface area contributed by atoms with Gasteiger partial charge in [-0.05, 0) is 89.5 Å². The monoisotopic (exact) mass is 1300 g/mol. The van der Waals surface area contributed by atoms with Crippen molar-refractivity contribution in [1.29, 1.82) is 0 Å². The number of ether oxygens (including phenoxy) is 5. The number of hydrogen-bond acceptors (Lipinski definition) is 13. The minimum absolute atomic E-state index is 0.0155. The molecule has 4 amide bonds. The Balaban J connectivity index is 0.000000161. The lowest BCUT2D eigenvalue weighted by atomic mass is 9.93. The summed E-state index contributed by atoms with van der Waals surface area (Å²) in [5, 5.41) is 52.9. The Morgan fingerprint density at radius 1 is 0.438 bits per heavy atom. The zero-order valence-corrected chi connectivity index (χ0v) is 50.2. The summed E-state index contributed by atoms with van der Waals surface area (Å²) >= 11 is 0. The van der Waals surface area contributed by atoms with Crippen molar-refractivity contribution in [2.24, 2.45) is 0 Å². The second-order valence-electron chi connectivity index (χ2n) is 24.7. The van der Waals surface area contributed by atoms with Crippen LogP contribution in [-0.4, -0.2) is 119 Å². The Bertz CT molecular complexity index is 5450. The molecule has 0 radical (unpaired) electrons. The molecule has 5 aliphatic heterocycles. The van der Waals surface area contributed by atoms with Crippen LogP contribution < -0.4 is 10.6 Å². The summed E-state index contributed by atoms with van der Waals surface area (Å²) in [5.41, 5.74) is 6.06. The molecule has 7 N–H and O–H groups in total. The van der Waals surface area contributed by atoms with E-state index < -0.39 is 115 Å². The highest BCUT2D eigenvalue weighted by atomic mass is 19.1. The molecule has 482 valence electrons. The maximum Gasteiger partial charge on any atom is 0.259 e. The van der Waals surface area contributed by atoms with E-state index in [1.165, 1.54) is 60.7 Å². The molecule has 0 unspecified atom stereocenters. The van der Waals surface area contributed by atoms with Gasteiger partial charge in [0, 0.05) is 48.6 Å². The van der Waals surface area contributed by atoms with Gasteiger partial charge >= 0.3 is 0 Å². The summed E-state index contributed by atoms with van der Waals surface area (Å²) in [6, 6.07) is 44.1. The third-order valence-electron chi connectivity index (χ3n) is 19.3. The standard InChI is InChI=1S/C47H37F2N3O7.C26H17F2N3O6/c48-29-16-18-31-33(20-29)50-40-36(31)38-39(46(55)51-45(38)54)37-32-19-17-30(49)21-34(32)52(41(37)40)47-42(53)44(58-24-28-14-8-3-9-15-28)43(57-23-27-12-6-2-7-13-27)35(59-47)25-56-22-26-10-4-1-5-11-26;27-8-1-3-10-12(5-8)30-19-15(10)17-18(25(36)29-24(17)35)16-11-4-2-9(28)6-13(11)31(20(16)19)26-21(30)23(34)22(33)14(7-32)37-26/h1-21,35,42-44,47,50,53H,22-25H2,(H,51,54,55);1-6,14,21-23,26,32-34H,7H2,(H,29,35,36)/t35-,42-,43-,44-,47-;14-,21+,22-,23-,26-/m11/s1. The van der Waals surface area contributed by atoms with E-state index in [0.717, 1.165) is 16.7 Å². The van der Waals surface area contributed by atoms with Gasteiger partial charge in [-0.1, -0.05) is 91.0 Å². The minimum Gasteiger partial charge on any atom is -0.394 e. The van der Waals surface area contributed by atoms with Crippen LogP contribution in [0.4, 0.5) is 17.6 Å². The first-order valence-corrected chi connectivity index (χ1v) is 31.1. The molecule has 2 fully saturated rings. The van der Waals surface area contributed by atoms with E-state index >= 15 is 4.39 Å². The number of carbonyl (C=O) groups is 4. The van der Waals surface area contributed by atoms with E-state index in [-0.39, 0.29) is 54.2 Å². The average molecular weight is 1300 g/mol. The zero-order chi connectivity index (χ0) is 65.7. The molecule has 23 heteroatoms. The highest BCUT2D eigenvalue weighted by molar-refractivity contribution is 6.41. The van der Waals surface area contributed by atoms with Crippen LogP contribution in [0.3, 0.4) is 0 Å². The molecule has 96 heavy (non-hydrogen) atoms. The van der Waals surface area contributed by atoms with Gasteiger partial charge in [-0.3, -0.25) is 29.8 Å². The summed E-state index contributed by atoms with van der Waals surface area (Å²) in [5.74, 6) is -4.67. The van der Waals surface area contributed by atoms with E-state index in [1.54, 1.807) is 25.8 Å². The Morgan fingerprint density at radius 3 is 1.39 bits per heavy atom. The summed E-state index contributed by atoms with van der Waals surface area (Å²) in [7, 11) is 0. The first-order valence-electron chi connectivity index (χ1n) is 31.1. The summed E-state index contributed by atoms with van der Waals surface area (Å²) < 4.78 is 97.0. The second-order valence-corrected chi connectivity index (χ2v) is 24.7. The molecule has 4 aromatic heterocycles. The largest absolute Gasteiger partial charge is 0.394 e. The summed E-state index contributed by atoms with van der Waals surface area (Å²) in [6.07, 6.45) is -10.7. The van der Waals surface area contributed by atoms with E-state index in [2.05, 4.69) is 15.6 Å². The summed E-state index contributed by atoms with van der Waals surface area (Å²) in [4.78, 5) is 56.9. The van der Waals surface area contributed by atoms with Gasteiger partial charge < -0.3 is 62.8 Å². The van der Waals surface area contributed by atoms with Crippen molar-refractivity contribution in [3.8, 4) is 0 Å². The Morgan fingerprint density at radius 2 is 0.865 bits per heavy atom. The number of aromatic nitrogens is 4. The van der Waals surface area contributed by atoms with Crippen molar-refractivity contribution in [3.63, 3.8) is 0 Å². The fraction of sp³-hybridized carbons (Fsp3) is 0.205. The number of amides is 4. The Kier molecular flexibility index (Phi) is 14.1. The normalized spacial score (nSPS) is 22.9. The second kappa shape index (κ2) is 22.8. The van der Waals surface area contributed by atoms with Crippen LogP contribution >= 0.6 is 0 Å². The fourth-order valence-corrected chi connectivity index (χ4v) is 15.3. The lowest BCUT2D eigenvalue weighted by Crippen LogP contribution is -2.58. The van der Waals surface area contributed by atoms with Crippen molar-refractivity contribution < 1.29 is 80.9 Å². The van der Waals surface area contributed by atoms with Crippen LogP contribution in [0.2, 0.25) is 0 Å². The SMILES string of the molecule is O=C1NC(=O)c2c1c1c3ccc(F)cc3[nH]c1c1c2c2ccc(F)cc2n1[C@@H]1O[C@H](COCc2ccccc2)[C@@H](OCc2ccccc2)[C@H](OCc2ccccc2)[C@H]1O.O=C1NC(=O)c2c1c1c3ccc(F)cc3n3c1c1c2c2ccc(F)cc2n1[C@@H]1O[C@H](CO)[C@@H](O)[C@H](O)[C@@H]13. The first-order chi connectivity index (χ1) is 46.6. The van der Waals surface area contributed by atoms with Crippen molar-refractivity contribution in [2.75, 3.05) is 13.2 Å². The smallest absolute Gasteiger partial charge is 0.259 e. The number of H-pyrrole nitrogens is 1. The quantitative estimate of drug-likeness (QED) is 0.0445. The predicted molar refractivity (Wildman–Crippen MR) is 343 cm³/mol. The van der Waals surface area contributed by atoms with Gasteiger partial charge in [-0.25, -0.2) is 17.6 Å². The highest BCUT2D eigenvalue weighted by Gasteiger charge is 2.53. The number of fused-ring (bicyclic) bond motifs is 22. The van der Waals surface area contributed by atoms with Crippen molar-refractivity contribution in [1.82, 2.24) is 29.3 Å². The molecule has 0 saturated carbocycles. The topological polar surface area (TPSA) is 250 Å². The van der Waals surface area contributed by atoms with Gasteiger partial charge in [0.05, 0.1) is 93.9 Å². The predicted octanol–water partition coefficient (Wildman–Crippen LogP) is 10.5. The van der Waals surface area contributed by atoms with Gasteiger partial charge in [-0.2, -0.15) is 0 Å². The molecule has 0 aliphatic carbocycles. The maximum absolute atomic E-state index is 15.5. The maximum atomic E-state index is 15.5. The van der Waals surface area contributed by atoms with E-state index in [4.69, 9.17) is 23.7 Å². The van der Waals surface area contributed by atoms with E-state index in [1.807, 2.05) is 91.0 Å². The molecular formula is C73H54F4N6O13. The molecule has 10 atom stereocenters. The lowest BCUT2D eigenvalue weighted by molar-refractivity contribution is -0.277. The molecule has 0 spiro atoms. The number of hydrogen-bond donors (Lipinski definition) is 7. The number of aliphatic hydroxyl groups excluding tert-OH is 4. The molecule has 0 bridgehead atoms. The number of carbonyl (C=O) groups excluding carboxylic acids is 4. The molecule has 9 heterocycles. The molecule has 9 aromatic carbocycles. The first kappa shape index (κ1) is 59.6. The fourth-order valence-electron chi connectivity index (χ4n) is 15.3. The van der Waals surface area contributed by atoms with Crippen LogP contribution in [0.1, 0.15) is 76.6 Å². The zero-order valence-electron chi connectivity index (χ0n) is 50.2. The summed E-state index contributed by atoms with van der Waals surface area (Å²) in [6.45, 7) is -0.0244. The minimum atomic E-state index is -1.48. The van der Waals surface area contributed by atoms with Gasteiger partial charge in [0.2, 0.25) is 0 Å². The van der Waals surface area contributed by atoms with Crippen LogP contribution in [0.5, 0.6) is 0 Å². The van der Waals surface area contributed by atoms with E-state index in [9.17, 15) is 52.8 Å². The van der Waals surface area contributed by atoms with E-state index in [0.29, 0.717) is 81.7 Å². The number of rotatable bonds is 12. The lowest BCUT2D eigenvalue weighted by Gasteiger charge is -2.46. The van der Waals surface area contributed by atoms with Crippen LogP contribution in [0.15, 0.2) is 164 Å². The van der Waals surface area contributed by atoms with Gasteiger partial charge in [0.1, 0.15) is 72.0 Å². The molecule has 19 nitrogen and oxygen atoms in total. The molecule has 2 saturated heterocycles. The van der Waals surface area contributed by atoms with Gasteiger partial charge in [0.15, 0.2) is 12.5 Å². The molecular weight excluding hydrogens is 1240 g/mol. The number of nitrogens with one attached hydrogen (secondary N) is 3. The Labute approximate surface area is 539 Å². The number of aromatic amines is 1. The van der Waals surface area contributed by atoms with Crippen molar-refractivity contribution >= 4 is 111 Å². The third kappa shape index (κ3) is 9.07. The van der Waals surface area contributed by atoms with Crippen molar-refractivity contribution in [3.05, 3.63) is 226 Å². The van der Waals surface area contributed by atoms with Gasteiger partial charge in [0.25, 0.3) is 23.6 Å². The third-order valence-corrected chi connectivity index (χ3v) is 19.3. The highest BCUT2D eigenvalue weighted by Crippen LogP contribution is 2.55. The van der Waals surface area contributed by atoms with Crippen LogP contribution in [-0.2, 0) is 43.5 Å². The van der Waals surface area contributed by atoms with Gasteiger partial charge in [-0.15, -0.1) is 0 Å². The number of aliphatic hydroxyl groups is 4. The number of nitrogens with zero attached hydrogens (tertiary/aromatic N) is 3. The number of benzene rings is 9. The molecule has 13 aromatic rings. The number of imide groups is 2. The van der Waals surface area contributed by atoms with Crippen LogP contribution in [0, 0.1) is 23.3 Å².